The maximum absolute atomic E-state index is 12.2. The van der Waals surface area contributed by atoms with Gasteiger partial charge in [0.1, 0.15) is 6.33 Å². The van der Waals surface area contributed by atoms with Gasteiger partial charge < -0.3 is 5.32 Å². The quantitative estimate of drug-likeness (QED) is 0.636. The number of para-hydroxylation sites is 2. The number of hydrogen-bond donors (Lipinski definition) is 1. The van der Waals surface area contributed by atoms with Gasteiger partial charge in [-0.25, -0.2) is 4.68 Å². The SMILES string of the molecule is Cc1ccccc1-n1cnn(CN(C)CC(=O)Nc2ccccc2Cl)c1=S. The van der Waals surface area contributed by atoms with Crippen molar-refractivity contribution in [1.82, 2.24) is 19.2 Å². The molecule has 0 saturated carbocycles. The molecule has 0 radical (unpaired) electrons. The summed E-state index contributed by atoms with van der Waals surface area (Å²) in [4.78, 5) is 14.1. The van der Waals surface area contributed by atoms with E-state index < -0.39 is 0 Å². The molecule has 0 spiro atoms. The standard InChI is InChI=1S/C19H20ClN5OS/c1-14-7-3-6-10-17(14)24-12-21-25(19(24)27)13-23(2)11-18(26)22-16-9-5-4-8-15(16)20/h3-10,12H,11,13H2,1-2H3,(H,22,26). The molecule has 3 rings (SSSR count). The number of anilines is 1. The van der Waals surface area contributed by atoms with Gasteiger partial charge in [0, 0.05) is 0 Å². The molecule has 140 valence electrons. The third-order valence-electron chi connectivity index (χ3n) is 4.05. The number of amides is 1. The summed E-state index contributed by atoms with van der Waals surface area (Å²) in [5.41, 5.74) is 2.70. The maximum Gasteiger partial charge on any atom is 0.238 e. The van der Waals surface area contributed by atoms with E-state index in [1.54, 1.807) is 23.1 Å². The summed E-state index contributed by atoms with van der Waals surface area (Å²) in [5.74, 6) is -0.157. The molecule has 8 heteroatoms. The first kappa shape index (κ1) is 19.3. The number of nitrogens with zero attached hydrogens (tertiary/aromatic N) is 4. The van der Waals surface area contributed by atoms with Crippen molar-refractivity contribution in [2.24, 2.45) is 0 Å². The van der Waals surface area contributed by atoms with Gasteiger partial charge in [0.2, 0.25) is 10.7 Å². The fourth-order valence-electron chi connectivity index (χ4n) is 2.71. The minimum Gasteiger partial charge on any atom is -0.324 e. The molecule has 27 heavy (non-hydrogen) atoms. The van der Waals surface area contributed by atoms with E-state index in [0.29, 0.717) is 22.1 Å². The molecular formula is C19H20ClN5OS. The molecule has 0 saturated heterocycles. The van der Waals surface area contributed by atoms with E-state index in [0.717, 1.165) is 11.3 Å². The highest BCUT2D eigenvalue weighted by Crippen LogP contribution is 2.20. The molecule has 0 unspecified atom stereocenters. The Hall–Kier alpha value is -2.48. The van der Waals surface area contributed by atoms with Gasteiger partial charge in [0.25, 0.3) is 0 Å². The predicted octanol–water partition coefficient (Wildman–Crippen LogP) is 3.89. The van der Waals surface area contributed by atoms with Crippen LogP contribution in [0.1, 0.15) is 5.56 Å². The molecule has 0 bridgehead atoms. The molecule has 1 N–H and O–H groups in total. The second-order valence-corrected chi connectivity index (χ2v) is 7.03. The lowest BCUT2D eigenvalue weighted by Crippen LogP contribution is -2.32. The second-order valence-electron chi connectivity index (χ2n) is 6.25. The number of halogens is 1. The largest absolute Gasteiger partial charge is 0.324 e. The minimum absolute atomic E-state index is 0.157. The van der Waals surface area contributed by atoms with Crippen molar-refractivity contribution in [3.05, 3.63) is 70.2 Å². The Bertz CT molecular complexity index is 1010. The highest BCUT2D eigenvalue weighted by molar-refractivity contribution is 7.71. The molecule has 0 fully saturated rings. The summed E-state index contributed by atoms with van der Waals surface area (Å²) < 4.78 is 4.12. The number of rotatable bonds is 6. The normalized spacial score (nSPS) is 11.0. The number of benzene rings is 2. The Morgan fingerprint density at radius 1 is 1.22 bits per heavy atom. The van der Waals surface area contributed by atoms with E-state index >= 15 is 0 Å². The Morgan fingerprint density at radius 3 is 2.67 bits per heavy atom. The maximum atomic E-state index is 12.2. The van der Waals surface area contributed by atoms with Gasteiger partial charge in [-0.15, -0.1) is 0 Å². The summed E-state index contributed by atoms with van der Waals surface area (Å²) >= 11 is 11.6. The van der Waals surface area contributed by atoms with Crippen LogP contribution in [0.4, 0.5) is 5.69 Å². The van der Waals surface area contributed by atoms with Crippen molar-refractivity contribution in [3.8, 4) is 5.69 Å². The van der Waals surface area contributed by atoms with E-state index in [-0.39, 0.29) is 12.5 Å². The van der Waals surface area contributed by atoms with Crippen molar-refractivity contribution in [2.45, 2.75) is 13.6 Å². The lowest BCUT2D eigenvalue weighted by Gasteiger charge is -2.16. The van der Waals surface area contributed by atoms with Crippen LogP contribution in [0, 0.1) is 11.7 Å². The zero-order valence-corrected chi connectivity index (χ0v) is 16.7. The number of aromatic nitrogens is 3. The molecule has 0 aliphatic rings. The lowest BCUT2D eigenvalue weighted by molar-refractivity contribution is -0.117. The van der Waals surface area contributed by atoms with Gasteiger partial charge in [-0.1, -0.05) is 41.9 Å². The monoisotopic (exact) mass is 401 g/mol. The fourth-order valence-corrected chi connectivity index (χ4v) is 3.14. The van der Waals surface area contributed by atoms with Crippen LogP contribution in [0.5, 0.6) is 0 Å². The average molecular weight is 402 g/mol. The van der Waals surface area contributed by atoms with Gasteiger partial charge in [-0.05, 0) is 50.0 Å². The zero-order chi connectivity index (χ0) is 19.4. The van der Waals surface area contributed by atoms with E-state index in [1.165, 1.54) is 0 Å². The van der Waals surface area contributed by atoms with E-state index in [1.807, 2.05) is 59.8 Å². The number of hydrogen-bond acceptors (Lipinski definition) is 4. The molecule has 0 atom stereocenters. The first-order chi connectivity index (χ1) is 13.0. The average Bonchev–Trinajstić information content (AvgIpc) is 2.98. The van der Waals surface area contributed by atoms with Gasteiger partial charge in [-0.3, -0.25) is 14.3 Å². The van der Waals surface area contributed by atoms with Crippen LogP contribution >= 0.6 is 23.8 Å². The molecule has 1 amide bonds. The van der Waals surface area contributed by atoms with Crippen LogP contribution < -0.4 is 5.32 Å². The van der Waals surface area contributed by atoms with Crippen LogP contribution in [0.25, 0.3) is 5.69 Å². The van der Waals surface area contributed by atoms with Crippen molar-refractivity contribution in [1.29, 1.82) is 0 Å². The Kier molecular flexibility index (Phi) is 6.05. The molecule has 3 aromatic rings. The molecule has 6 nitrogen and oxygen atoms in total. The first-order valence-corrected chi connectivity index (χ1v) is 9.17. The Morgan fingerprint density at radius 2 is 1.93 bits per heavy atom. The fraction of sp³-hybridized carbons (Fsp3) is 0.211. The lowest BCUT2D eigenvalue weighted by atomic mass is 10.2. The van der Waals surface area contributed by atoms with E-state index in [9.17, 15) is 4.79 Å². The van der Waals surface area contributed by atoms with Crippen LogP contribution in [0.15, 0.2) is 54.9 Å². The van der Waals surface area contributed by atoms with Crippen LogP contribution in [0.2, 0.25) is 5.02 Å². The number of aryl methyl sites for hydroxylation is 1. The summed E-state index contributed by atoms with van der Waals surface area (Å²) in [7, 11) is 1.83. The molecule has 1 aromatic heterocycles. The number of carbonyl (C=O) groups excluding carboxylic acids is 1. The van der Waals surface area contributed by atoms with Crippen molar-refractivity contribution < 1.29 is 4.79 Å². The molecular weight excluding hydrogens is 382 g/mol. The molecule has 1 heterocycles. The van der Waals surface area contributed by atoms with Crippen LogP contribution in [0.3, 0.4) is 0 Å². The van der Waals surface area contributed by atoms with E-state index in [4.69, 9.17) is 23.8 Å². The van der Waals surface area contributed by atoms with Gasteiger partial charge >= 0.3 is 0 Å². The smallest absolute Gasteiger partial charge is 0.238 e. The van der Waals surface area contributed by atoms with Crippen LogP contribution in [-0.4, -0.2) is 38.7 Å². The highest BCUT2D eigenvalue weighted by atomic mass is 35.5. The third-order valence-corrected chi connectivity index (χ3v) is 4.78. The molecule has 2 aromatic carbocycles. The summed E-state index contributed by atoms with van der Waals surface area (Å²) in [6.45, 7) is 2.61. The molecule has 0 aliphatic heterocycles. The summed E-state index contributed by atoms with van der Waals surface area (Å²) in [6.07, 6.45) is 1.70. The summed E-state index contributed by atoms with van der Waals surface area (Å²) in [6, 6.07) is 15.1. The number of nitrogens with one attached hydrogen (secondary N) is 1. The Balaban J connectivity index is 1.66. The van der Waals surface area contributed by atoms with Crippen molar-refractivity contribution >= 4 is 35.4 Å². The van der Waals surface area contributed by atoms with Crippen molar-refractivity contribution in [2.75, 3.05) is 18.9 Å². The number of carbonyl (C=O) groups is 1. The zero-order valence-electron chi connectivity index (χ0n) is 15.1. The Labute approximate surface area is 168 Å². The third kappa shape index (κ3) is 4.63. The van der Waals surface area contributed by atoms with Gasteiger partial charge in [-0.2, -0.15) is 5.10 Å². The van der Waals surface area contributed by atoms with Crippen molar-refractivity contribution in [3.63, 3.8) is 0 Å². The molecule has 0 aliphatic carbocycles. The minimum atomic E-state index is -0.157. The topological polar surface area (TPSA) is 55.1 Å². The second kappa shape index (κ2) is 8.47. The van der Waals surface area contributed by atoms with Crippen LogP contribution in [-0.2, 0) is 11.5 Å². The predicted molar refractivity (Wildman–Crippen MR) is 110 cm³/mol. The van der Waals surface area contributed by atoms with E-state index in [2.05, 4.69) is 10.4 Å². The summed E-state index contributed by atoms with van der Waals surface area (Å²) in [5, 5.41) is 7.67. The first-order valence-electron chi connectivity index (χ1n) is 8.39. The highest BCUT2D eigenvalue weighted by Gasteiger charge is 2.11. The van der Waals surface area contributed by atoms with Gasteiger partial charge in [0.05, 0.1) is 29.6 Å². The number of likely N-dealkylation sites (N-methyl/N-ethyl adjacent to an activating group) is 1. The van der Waals surface area contributed by atoms with Gasteiger partial charge in [0.15, 0.2) is 0 Å².